The molecular weight excluding hydrogens is 372 g/mol. The maximum absolute atomic E-state index is 12.8. The lowest BCUT2D eigenvalue weighted by molar-refractivity contribution is -0.147. The number of benzene rings is 1. The Morgan fingerprint density at radius 3 is 2.48 bits per heavy atom. The summed E-state index contributed by atoms with van der Waals surface area (Å²) in [6.45, 7) is 4.42. The molecule has 2 rings (SSSR count). The minimum atomic E-state index is -3.88. The van der Waals surface area contributed by atoms with Crippen LogP contribution in [0.5, 0.6) is 0 Å². The second-order valence-electron chi connectivity index (χ2n) is 6.61. The molecule has 1 aromatic carbocycles. The maximum Gasteiger partial charge on any atom is 0.329 e. The van der Waals surface area contributed by atoms with Crippen LogP contribution in [-0.2, 0) is 21.4 Å². The highest BCUT2D eigenvalue weighted by atomic mass is 32.2. The molecule has 1 heterocycles. The van der Waals surface area contributed by atoms with Gasteiger partial charge in [0, 0.05) is 12.6 Å². The normalized spacial score (nSPS) is 12.0. The van der Waals surface area contributed by atoms with Crippen LogP contribution in [0.1, 0.15) is 35.5 Å². The van der Waals surface area contributed by atoms with Gasteiger partial charge in [-0.3, -0.25) is 4.79 Å². The topological polar surface area (TPSA) is 117 Å². The van der Waals surface area contributed by atoms with Crippen molar-refractivity contribution in [2.45, 2.75) is 37.8 Å². The quantitative estimate of drug-likeness (QED) is 0.742. The summed E-state index contributed by atoms with van der Waals surface area (Å²) in [5.74, 6) is -1.30. The lowest BCUT2D eigenvalue weighted by atomic mass is 10.0. The van der Waals surface area contributed by atoms with Gasteiger partial charge in [0.15, 0.2) is 0 Å². The summed E-state index contributed by atoms with van der Waals surface area (Å²) >= 11 is 0. The molecule has 0 radical (unpaired) electrons. The fourth-order valence-corrected chi connectivity index (χ4v) is 3.26. The van der Waals surface area contributed by atoms with E-state index in [4.69, 9.17) is 4.42 Å². The van der Waals surface area contributed by atoms with Gasteiger partial charge in [0.1, 0.15) is 11.3 Å². The smallest absolute Gasteiger partial charge is 0.329 e. The van der Waals surface area contributed by atoms with Crippen LogP contribution in [0.3, 0.4) is 0 Å². The number of hydrogen-bond acceptors (Lipinski definition) is 5. The minimum absolute atomic E-state index is 0.0293. The molecule has 0 fully saturated rings. The van der Waals surface area contributed by atoms with Crippen molar-refractivity contribution in [2.24, 2.45) is 0 Å². The summed E-state index contributed by atoms with van der Waals surface area (Å²) in [7, 11) is -2.52. The van der Waals surface area contributed by atoms with E-state index in [9.17, 15) is 23.1 Å². The van der Waals surface area contributed by atoms with Crippen molar-refractivity contribution in [1.29, 1.82) is 0 Å². The van der Waals surface area contributed by atoms with E-state index in [1.54, 1.807) is 19.1 Å². The van der Waals surface area contributed by atoms with Gasteiger partial charge in [-0.25, -0.2) is 17.9 Å². The molecular formula is C18H22N2O6S. The summed E-state index contributed by atoms with van der Waals surface area (Å²) in [4.78, 5) is 25.2. The number of sulfonamides is 1. The van der Waals surface area contributed by atoms with Gasteiger partial charge in [0.25, 0.3) is 5.91 Å². The molecule has 9 heteroatoms. The number of aliphatic carboxylic acids is 1. The van der Waals surface area contributed by atoms with Gasteiger partial charge in [-0.15, -0.1) is 0 Å². The minimum Gasteiger partial charge on any atom is -0.480 e. The molecule has 1 aromatic heterocycles. The molecule has 0 aliphatic heterocycles. The number of amides is 1. The molecule has 8 nitrogen and oxygen atoms in total. The third-order valence-electron chi connectivity index (χ3n) is 4.43. The average Bonchev–Trinajstić information content (AvgIpc) is 3.12. The first kappa shape index (κ1) is 20.7. The van der Waals surface area contributed by atoms with Crippen molar-refractivity contribution in [3.8, 4) is 0 Å². The monoisotopic (exact) mass is 394 g/mol. The van der Waals surface area contributed by atoms with Crippen LogP contribution in [0.25, 0.3) is 0 Å². The molecule has 2 aromatic rings. The SMILES string of the molecule is Cc1ccc(S(=O)(=O)NCc2ccco2)cc1C(=O)N(C)C(C)(C)C(=O)O. The Kier molecular flexibility index (Phi) is 5.76. The van der Waals surface area contributed by atoms with Gasteiger partial charge >= 0.3 is 5.97 Å². The molecule has 0 bridgehead atoms. The van der Waals surface area contributed by atoms with E-state index >= 15 is 0 Å². The molecule has 0 aliphatic carbocycles. The zero-order valence-corrected chi connectivity index (χ0v) is 16.3. The first-order chi connectivity index (χ1) is 12.5. The zero-order valence-electron chi connectivity index (χ0n) is 15.5. The molecule has 0 saturated carbocycles. The molecule has 1 amide bonds. The molecule has 146 valence electrons. The molecule has 0 unspecified atom stereocenters. The molecule has 0 atom stereocenters. The Bertz CT molecular complexity index is 948. The van der Waals surface area contributed by atoms with E-state index in [1.165, 1.54) is 45.4 Å². The van der Waals surface area contributed by atoms with Crippen molar-refractivity contribution in [1.82, 2.24) is 9.62 Å². The molecule has 0 spiro atoms. The Balaban J connectivity index is 2.32. The van der Waals surface area contributed by atoms with Crippen LogP contribution in [-0.4, -0.2) is 42.9 Å². The Labute approximate surface area is 157 Å². The zero-order chi connectivity index (χ0) is 20.4. The lowest BCUT2D eigenvalue weighted by Crippen LogP contribution is -2.50. The molecule has 0 saturated heterocycles. The number of carbonyl (C=O) groups is 2. The largest absolute Gasteiger partial charge is 0.480 e. The molecule has 2 N–H and O–H groups in total. The summed E-state index contributed by atoms with van der Waals surface area (Å²) in [6, 6.07) is 7.42. The van der Waals surface area contributed by atoms with Crippen LogP contribution in [0, 0.1) is 6.92 Å². The first-order valence-corrected chi connectivity index (χ1v) is 9.59. The van der Waals surface area contributed by atoms with E-state index in [0.717, 1.165) is 4.90 Å². The van der Waals surface area contributed by atoms with E-state index in [1.807, 2.05) is 0 Å². The second-order valence-corrected chi connectivity index (χ2v) is 8.38. The Hall–Kier alpha value is -2.65. The summed E-state index contributed by atoms with van der Waals surface area (Å²) in [5.41, 5.74) is -0.790. The van der Waals surface area contributed by atoms with Crippen LogP contribution in [0.4, 0.5) is 0 Å². The van der Waals surface area contributed by atoms with Crippen molar-refractivity contribution in [2.75, 3.05) is 7.05 Å². The predicted octanol–water partition coefficient (Wildman–Crippen LogP) is 2.00. The summed E-state index contributed by atoms with van der Waals surface area (Å²) in [5, 5.41) is 9.31. The van der Waals surface area contributed by atoms with Gasteiger partial charge in [-0.1, -0.05) is 6.07 Å². The van der Waals surface area contributed by atoms with E-state index < -0.39 is 27.4 Å². The van der Waals surface area contributed by atoms with Crippen molar-refractivity contribution < 1.29 is 27.5 Å². The number of carboxylic acid groups (broad SMARTS) is 1. The number of carboxylic acids is 1. The van der Waals surface area contributed by atoms with Crippen LogP contribution in [0.2, 0.25) is 0 Å². The number of furan rings is 1. The van der Waals surface area contributed by atoms with Crippen LogP contribution in [0.15, 0.2) is 45.9 Å². The number of rotatable bonds is 7. The number of likely N-dealkylation sites (N-methyl/N-ethyl adjacent to an activating group) is 1. The molecule has 27 heavy (non-hydrogen) atoms. The van der Waals surface area contributed by atoms with Gasteiger partial charge in [-0.2, -0.15) is 0 Å². The fourth-order valence-electron chi connectivity index (χ4n) is 2.24. The predicted molar refractivity (Wildman–Crippen MR) is 97.7 cm³/mol. The summed E-state index contributed by atoms with van der Waals surface area (Å²) < 4.78 is 32.5. The van der Waals surface area contributed by atoms with Gasteiger partial charge in [-0.05, 0) is 50.6 Å². The highest BCUT2D eigenvalue weighted by Gasteiger charge is 2.36. The number of hydrogen-bond donors (Lipinski definition) is 2. The third kappa shape index (κ3) is 4.37. The van der Waals surface area contributed by atoms with Crippen molar-refractivity contribution in [3.63, 3.8) is 0 Å². The van der Waals surface area contributed by atoms with Crippen molar-refractivity contribution >= 4 is 21.9 Å². The first-order valence-electron chi connectivity index (χ1n) is 8.11. The lowest BCUT2D eigenvalue weighted by Gasteiger charge is -2.32. The maximum atomic E-state index is 12.8. The summed E-state index contributed by atoms with van der Waals surface area (Å²) in [6.07, 6.45) is 1.44. The fraction of sp³-hybridized carbons (Fsp3) is 0.333. The van der Waals surface area contributed by atoms with E-state index in [0.29, 0.717) is 11.3 Å². The highest BCUT2D eigenvalue weighted by Crippen LogP contribution is 2.21. The van der Waals surface area contributed by atoms with Crippen molar-refractivity contribution in [3.05, 3.63) is 53.5 Å². The molecule has 0 aliphatic rings. The third-order valence-corrected chi connectivity index (χ3v) is 5.83. The van der Waals surface area contributed by atoms with Crippen LogP contribution >= 0.6 is 0 Å². The Morgan fingerprint density at radius 2 is 1.93 bits per heavy atom. The van der Waals surface area contributed by atoms with Gasteiger partial charge < -0.3 is 14.4 Å². The Morgan fingerprint density at radius 1 is 1.26 bits per heavy atom. The van der Waals surface area contributed by atoms with Gasteiger partial charge in [0.05, 0.1) is 17.7 Å². The standard InChI is InChI=1S/C18H22N2O6S/c1-12-7-8-14(27(24,25)19-11-13-6-5-9-26-13)10-15(12)16(21)20(4)18(2,3)17(22)23/h5-10,19H,11H2,1-4H3,(H,22,23). The van der Waals surface area contributed by atoms with Crippen LogP contribution < -0.4 is 4.72 Å². The highest BCUT2D eigenvalue weighted by molar-refractivity contribution is 7.89. The average molecular weight is 394 g/mol. The number of carbonyl (C=O) groups excluding carboxylic acids is 1. The second kappa shape index (κ2) is 7.53. The van der Waals surface area contributed by atoms with E-state index in [2.05, 4.69) is 4.72 Å². The van der Waals surface area contributed by atoms with E-state index in [-0.39, 0.29) is 17.0 Å². The number of nitrogens with zero attached hydrogens (tertiary/aromatic N) is 1. The number of aryl methyl sites for hydroxylation is 1. The number of nitrogens with one attached hydrogen (secondary N) is 1. The van der Waals surface area contributed by atoms with Gasteiger partial charge in [0.2, 0.25) is 10.0 Å².